The molecule has 6 nitrogen and oxygen atoms in total. The fraction of sp³-hybridized carbons (Fsp3) is 0.350. The van der Waals surface area contributed by atoms with Gasteiger partial charge in [-0.2, -0.15) is 5.10 Å². The van der Waals surface area contributed by atoms with Crippen molar-refractivity contribution < 1.29 is 9.53 Å². The largest absolute Gasteiger partial charge is 0.377 e. The second-order valence-electron chi connectivity index (χ2n) is 7.08. The predicted octanol–water partition coefficient (Wildman–Crippen LogP) is 2.11. The number of rotatable bonds is 4. The number of ether oxygens (including phenoxy) is 1. The molecule has 1 saturated carbocycles. The maximum absolute atomic E-state index is 12.9. The van der Waals surface area contributed by atoms with Crippen molar-refractivity contribution in [3.8, 4) is 0 Å². The quantitative estimate of drug-likeness (QED) is 0.784. The molecule has 1 saturated heterocycles. The van der Waals surface area contributed by atoms with Gasteiger partial charge in [-0.05, 0) is 30.5 Å². The molecule has 4 unspecified atom stereocenters. The summed E-state index contributed by atoms with van der Waals surface area (Å²) in [5.74, 6) is 0.588. The molecule has 1 aromatic carbocycles. The minimum Gasteiger partial charge on any atom is -0.377 e. The molecule has 4 atom stereocenters. The highest BCUT2D eigenvalue weighted by atomic mass is 16.5. The van der Waals surface area contributed by atoms with Gasteiger partial charge in [0.1, 0.15) is 5.69 Å². The van der Waals surface area contributed by atoms with Gasteiger partial charge in [0.15, 0.2) is 5.65 Å². The Kier molecular flexibility index (Phi) is 3.71. The van der Waals surface area contributed by atoms with Gasteiger partial charge in [-0.1, -0.05) is 30.3 Å². The van der Waals surface area contributed by atoms with Crippen molar-refractivity contribution in [1.82, 2.24) is 19.9 Å². The van der Waals surface area contributed by atoms with Gasteiger partial charge < -0.3 is 10.1 Å². The van der Waals surface area contributed by atoms with Crippen molar-refractivity contribution in [2.45, 2.75) is 25.0 Å². The summed E-state index contributed by atoms with van der Waals surface area (Å²) in [5, 5.41) is 7.47. The summed E-state index contributed by atoms with van der Waals surface area (Å²) < 4.78 is 7.51. The van der Waals surface area contributed by atoms with Crippen molar-refractivity contribution >= 4 is 11.6 Å². The number of imidazole rings is 1. The molecular weight excluding hydrogens is 328 g/mol. The van der Waals surface area contributed by atoms with E-state index >= 15 is 0 Å². The molecule has 2 aliphatic rings. The molecule has 132 valence electrons. The van der Waals surface area contributed by atoms with Crippen LogP contribution in [0.15, 0.2) is 54.9 Å². The molecule has 5 rings (SSSR count). The minimum atomic E-state index is -0.121. The normalized spacial score (nSPS) is 27.1. The van der Waals surface area contributed by atoms with E-state index in [-0.39, 0.29) is 18.1 Å². The molecule has 3 heterocycles. The van der Waals surface area contributed by atoms with E-state index in [0.717, 1.165) is 19.4 Å². The Hall–Kier alpha value is -2.73. The lowest BCUT2D eigenvalue weighted by molar-refractivity contribution is -0.0528. The molecule has 1 N–H and O–H groups in total. The van der Waals surface area contributed by atoms with E-state index in [1.165, 1.54) is 5.56 Å². The summed E-state index contributed by atoms with van der Waals surface area (Å²) in [6.45, 7) is 0.782. The third-order valence-electron chi connectivity index (χ3n) is 5.65. The SMILES string of the molecule is O=C(NC1C2CCOC2C1Cc1ccccc1)c1cnc2cccnn12. The van der Waals surface area contributed by atoms with Crippen molar-refractivity contribution in [2.24, 2.45) is 11.8 Å². The Balaban J connectivity index is 1.37. The van der Waals surface area contributed by atoms with Crippen LogP contribution in [0, 0.1) is 11.8 Å². The molecule has 1 amide bonds. The van der Waals surface area contributed by atoms with Crippen LogP contribution >= 0.6 is 0 Å². The lowest BCUT2D eigenvalue weighted by atomic mass is 9.64. The lowest BCUT2D eigenvalue weighted by Crippen LogP contribution is -2.62. The first-order valence-electron chi connectivity index (χ1n) is 9.06. The molecular formula is C20H20N4O2. The van der Waals surface area contributed by atoms with Gasteiger partial charge in [-0.3, -0.25) is 4.79 Å². The molecule has 1 aliphatic heterocycles. The first-order valence-corrected chi connectivity index (χ1v) is 9.06. The van der Waals surface area contributed by atoms with Crippen LogP contribution in [0.2, 0.25) is 0 Å². The van der Waals surface area contributed by atoms with E-state index in [4.69, 9.17) is 4.74 Å². The standard InChI is InChI=1S/C20H20N4O2/c25-20(16-12-21-17-7-4-9-22-24(16)17)23-18-14-8-10-26-19(14)15(18)11-13-5-2-1-3-6-13/h1-7,9,12,14-15,18-19H,8,10-11H2,(H,23,25). The fourth-order valence-electron chi connectivity index (χ4n) is 4.38. The Morgan fingerprint density at radius 2 is 2.12 bits per heavy atom. The fourth-order valence-corrected chi connectivity index (χ4v) is 4.38. The summed E-state index contributed by atoms with van der Waals surface area (Å²) in [7, 11) is 0. The summed E-state index contributed by atoms with van der Waals surface area (Å²) in [6.07, 6.45) is 5.42. The number of nitrogens with zero attached hydrogens (tertiary/aromatic N) is 3. The Morgan fingerprint density at radius 3 is 3.00 bits per heavy atom. The van der Waals surface area contributed by atoms with Crippen LogP contribution in [-0.4, -0.2) is 39.3 Å². The smallest absolute Gasteiger partial charge is 0.271 e. The van der Waals surface area contributed by atoms with Crippen LogP contribution in [0.5, 0.6) is 0 Å². The number of hydrogen-bond donors (Lipinski definition) is 1. The van der Waals surface area contributed by atoms with Gasteiger partial charge in [0.05, 0.1) is 12.3 Å². The van der Waals surface area contributed by atoms with Crippen molar-refractivity contribution in [3.63, 3.8) is 0 Å². The van der Waals surface area contributed by atoms with E-state index in [0.29, 0.717) is 23.2 Å². The third-order valence-corrected chi connectivity index (χ3v) is 5.65. The molecule has 0 spiro atoms. The molecule has 26 heavy (non-hydrogen) atoms. The number of nitrogens with one attached hydrogen (secondary N) is 1. The number of hydrogen-bond acceptors (Lipinski definition) is 4. The average molecular weight is 348 g/mol. The van der Waals surface area contributed by atoms with Crippen molar-refractivity contribution in [2.75, 3.05) is 6.61 Å². The molecule has 2 fully saturated rings. The zero-order chi connectivity index (χ0) is 17.5. The number of aromatic nitrogens is 3. The van der Waals surface area contributed by atoms with Crippen LogP contribution < -0.4 is 5.32 Å². The van der Waals surface area contributed by atoms with Crippen molar-refractivity contribution in [3.05, 3.63) is 66.1 Å². The monoisotopic (exact) mass is 348 g/mol. The van der Waals surface area contributed by atoms with Gasteiger partial charge in [0, 0.05) is 30.7 Å². The van der Waals surface area contributed by atoms with E-state index < -0.39 is 0 Å². The second kappa shape index (κ2) is 6.21. The highest BCUT2D eigenvalue weighted by Crippen LogP contribution is 2.45. The first-order chi connectivity index (χ1) is 12.8. The summed E-state index contributed by atoms with van der Waals surface area (Å²) in [6, 6.07) is 14.2. The minimum absolute atomic E-state index is 0.121. The highest BCUT2D eigenvalue weighted by molar-refractivity contribution is 5.93. The van der Waals surface area contributed by atoms with E-state index in [9.17, 15) is 4.79 Å². The van der Waals surface area contributed by atoms with Gasteiger partial charge in [-0.25, -0.2) is 9.50 Å². The molecule has 2 aromatic heterocycles. The Morgan fingerprint density at radius 1 is 1.23 bits per heavy atom. The van der Waals surface area contributed by atoms with Crippen molar-refractivity contribution in [1.29, 1.82) is 0 Å². The van der Waals surface area contributed by atoms with Crippen LogP contribution in [0.1, 0.15) is 22.5 Å². The molecule has 3 aromatic rings. The molecule has 0 bridgehead atoms. The van der Waals surface area contributed by atoms with E-state index in [1.54, 1.807) is 16.9 Å². The topological polar surface area (TPSA) is 68.5 Å². The maximum atomic E-state index is 12.9. The van der Waals surface area contributed by atoms with E-state index in [2.05, 4.69) is 39.7 Å². The lowest BCUT2D eigenvalue weighted by Gasteiger charge is -2.48. The zero-order valence-electron chi connectivity index (χ0n) is 14.3. The van der Waals surface area contributed by atoms with Gasteiger partial charge >= 0.3 is 0 Å². The van der Waals surface area contributed by atoms with Gasteiger partial charge in [0.2, 0.25) is 0 Å². The number of fused-ring (bicyclic) bond motifs is 2. The molecule has 0 radical (unpaired) electrons. The summed E-state index contributed by atoms with van der Waals surface area (Å²) in [5.41, 5.74) is 2.43. The number of amides is 1. The summed E-state index contributed by atoms with van der Waals surface area (Å²) >= 11 is 0. The second-order valence-corrected chi connectivity index (χ2v) is 7.08. The van der Waals surface area contributed by atoms with Gasteiger partial charge in [-0.15, -0.1) is 0 Å². The predicted molar refractivity (Wildman–Crippen MR) is 95.7 cm³/mol. The van der Waals surface area contributed by atoms with Crippen LogP contribution in [0.25, 0.3) is 5.65 Å². The zero-order valence-corrected chi connectivity index (χ0v) is 14.3. The molecule has 6 heteroatoms. The number of benzene rings is 1. The first kappa shape index (κ1) is 15.5. The Bertz CT molecular complexity index is 939. The summed E-state index contributed by atoms with van der Waals surface area (Å²) in [4.78, 5) is 17.1. The third kappa shape index (κ3) is 2.49. The van der Waals surface area contributed by atoms with E-state index in [1.807, 2.05) is 18.2 Å². The average Bonchev–Trinajstić information content (AvgIpc) is 3.30. The Labute approximate surface area is 151 Å². The van der Waals surface area contributed by atoms with Crippen LogP contribution in [0.4, 0.5) is 0 Å². The molecule has 1 aliphatic carbocycles. The number of carbonyl (C=O) groups is 1. The highest BCUT2D eigenvalue weighted by Gasteiger charge is 2.54. The van der Waals surface area contributed by atoms with Gasteiger partial charge in [0.25, 0.3) is 5.91 Å². The number of carbonyl (C=O) groups excluding carboxylic acids is 1. The van der Waals surface area contributed by atoms with Crippen LogP contribution in [-0.2, 0) is 11.2 Å². The van der Waals surface area contributed by atoms with Crippen LogP contribution in [0.3, 0.4) is 0 Å². The maximum Gasteiger partial charge on any atom is 0.271 e.